The van der Waals surface area contributed by atoms with Crippen LogP contribution in [0.5, 0.6) is 0 Å². The second-order valence-corrected chi connectivity index (χ2v) is 3.74. The number of rotatable bonds is 9. The fraction of sp³-hybridized carbons (Fsp3) is 0.643. The van der Waals surface area contributed by atoms with E-state index in [4.69, 9.17) is 13.7 Å². The molecule has 0 aromatic rings. The van der Waals surface area contributed by atoms with Crippen molar-refractivity contribution >= 4 is 11.9 Å². The average molecular weight is 331 g/mol. The fourth-order valence-corrected chi connectivity index (χ4v) is 1.16. The Bertz CT molecular complexity index is 244. The van der Waals surface area contributed by atoms with Crippen molar-refractivity contribution in [1.29, 1.82) is 0 Å². The minimum atomic E-state index is -0.759. The Balaban J connectivity index is -0.000000505. The normalized spacial score (nSPS) is 8.35. The van der Waals surface area contributed by atoms with Crippen LogP contribution >= 0.6 is 0 Å². The molecule has 0 heterocycles. The maximum atomic E-state index is 11.0. The van der Waals surface area contributed by atoms with Crippen molar-refractivity contribution in [3.05, 3.63) is 19.6 Å². The standard InChI is InChI=1S/C11H19O4.C3H5.Co.O/c1-2-9-15-11(14)8-6-4-3-5-7-10(12)13;1-3-2;;/h1-9H2,(H,12,13);1H2,2H3;;/q2*-1;;. The predicted molar refractivity (Wildman–Crippen MR) is 71.5 cm³/mol. The van der Waals surface area contributed by atoms with Gasteiger partial charge < -0.3 is 22.8 Å². The maximum absolute atomic E-state index is 11.0. The van der Waals surface area contributed by atoms with Gasteiger partial charge in [0, 0.05) is 12.8 Å². The van der Waals surface area contributed by atoms with Crippen LogP contribution in [0.1, 0.15) is 51.9 Å². The number of unbranched alkanes of at least 4 members (excludes halogenated alkanes) is 3. The van der Waals surface area contributed by atoms with Crippen LogP contribution in [0.25, 0.3) is 0 Å². The number of carboxylic acids is 1. The van der Waals surface area contributed by atoms with E-state index in [1.165, 1.54) is 0 Å². The summed E-state index contributed by atoms with van der Waals surface area (Å²) in [5.41, 5.74) is 0. The van der Waals surface area contributed by atoms with Crippen molar-refractivity contribution in [3.63, 3.8) is 0 Å². The summed E-state index contributed by atoms with van der Waals surface area (Å²) < 4.78 is 12.8. The summed E-state index contributed by atoms with van der Waals surface area (Å²) in [6.45, 7) is 8.95. The van der Waals surface area contributed by atoms with Gasteiger partial charge in [-0.25, -0.2) is 0 Å². The third-order valence-corrected chi connectivity index (χ3v) is 1.93. The Morgan fingerprint density at radius 3 is 2.05 bits per heavy atom. The summed E-state index contributed by atoms with van der Waals surface area (Å²) in [4.78, 5) is 21.2. The molecule has 121 valence electrons. The first-order chi connectivity index (χ1) is 9.58. The molecule has 0 spiro atoms. The van der Waals surface area contributed by atoms with E-state index in [1.807, 2.05) is 0 Å². The summed E-state index contributed by atoms with van der Waals surface area (Å²) in [6.07, 6.45) is 6.93. The van der Waals surface area contributed by atoms with Gasteiger partial charge in [-0.1, -0.05) is 12.8 Å². The van der Waals surface area contributed by atoms with Crippen LogP contribution in [0.15, 0.2) is 6.58 Å². The molecule has 0 aliphatic rings. The van der Waals surface area contributed by atoms with Gasteiger partial charge in [-0.15, -0.1) is 6.42 Å². The number of carbonyl (C=O) groups excluding carboxylic acids is 1. The van der Waals surface area contributed by atoms with E-state index in [-0.39, 0.29) is 12.4 Å². The van der Waals surface area contributed by atoms with Gasteiger partial charge >= 0.3 is 31.5 Å². The van der Waals surface area contributed by atoms with Crippen molar-refractivity contribution in [3.8, 4) is 0 Å². The van der Waals surface area contributed by atoms with E-state index in [9.17, 15) is 9.59 Å². The topological polar surface area (TPSA) is 80.7 Å². The third kappa shape index (κ3) is 30.2. The van der Waals surface area contributed by atoms with Crippen LogP contribution in [0, 0.1) is 13.0 Å². The van der Waals surface area contributed by atoms with Gasteiger partial charge in [0.25, 0.3) is 0 Å². The molecule has 20 heavy (non-hydrogen) atoms. The van der Waals surface area contributed by atoms with Crippen LogP contribution in [0.4, 0.5) is 0 Å². The summed E-state index contributed by atoms with van der Waals surface area (Å²) in [7, 11) is 0. The second kappa shape index (κ2) is 23.1. The molecule has 0 amide bonds. The molecule has 0 aliphatic carbocycles. The molecule has 6 heteroatoms. The molecule has 0 saturated heterocycles. The zero-order valence-corrected chi connectivity index (χ0v) is 13.0. The molecule has 0 aliphatic heterocycles. The molecule has 0 radical (unpaired) electrons. The molecule has 0 aromatic heterocycles. The number of esters is 1. The third-order valence-electron chi connectivity index (χ3n) is 1.93. The number of carbonyl (C=O) groups is 2. The number of hydrogen-bond donors (Lipinski definition) is 1. The Morgan fingerprint density at radius 1 is 1.20 bits per heavy atom. The molecule has 0 aromatic carbocycles. The molecule has 0 saturated carbocycles. The molecule has 0 fully saturated rings. The quantitative estimate of drug-likeness (QED) is 0.399. The number of allylic oxidation sites excluding steroid dienone is 1. The van der Waals surface area contributed by atoms with E-state index in [1.54, 1.807) is 6.92 Å². The SMILES string of the molecule is C=[C-]C.[CH2-]CCOC(=O)CCCCCCC(=O)O.[O]=[Co]. The summed E-state index contributed by atoms with van der Waals surface area (Å²) in [6, 6.07) is 0. The predicted octanol–water partition coefficient (Wildman–Crippen LogP) is 3.05. The van der Waals surface area contributed by atoms with Gasteiger partial charge in [0.1, 0.15) is 0 Å². The molecule has 5 nitrogen and oxygen atoms in total. The first-order valence-electron chi connectivity index (χ1n) is 6.32. The Hall–Kier alpha value is -1.01. The molecule has 0 rings (SSSR count). The Labute approximate surface area is 129 Å². The first-order valence-corrected chi connectivity index (χ1v) is 6.75. The van der Waals surface area contributed by atoms with Gasteiger partial charge in [-0.2, -0.15) is 6.92 Å². The number of carboxylic acid groups (broad SMARTS) is 1. The van der Waals surface area contributed by atoms with Crippen molar-refractivity contribution in [2.45, 2.75) is 51.9 Å². The Kier molecular flexibility index (Phi) is 27.8. The van der Waals surface area contributed by atoms with E-state index in [0.717, 1.165) is 19.3 Å². The first kappa shape index (κ1) is 24.0. The Morgan fingerprint density at radius 2 is 1.65 bits per heavy atom. The summed E-state index contributed by atoms with van der Waals surface area (Å²) in [5, 5.41) is 8.38. The molecule has 0 unspecified atom stereocenters. The van der Waals surface area contributed by atoms with Crippen LogP contribution in [0.2, 0.25) is 0 Å². The van der Waals surface area contributed by atoms with Crippen LogP contribution in [-0.4, -0.2) is 23.7 Å². The van der Waals surface area contributed by atoms with Gasteiger partial charge in [0.2, 0.25) is 0 Å². The van der Waals surface area contributed by atoms with Gasteiger partial charge in [0.05, 0.1) is 6.61 Å². The summed E-state index contributed by atoms with van der Waals surface area (Å²) >= 11 is 2.31. The van der Waals surface area contributed by atoms with E-state index < -0.39 is 5.97 Å². The van der Waals surface area contributed by atoms with Gasteiger partial charge in [-0.05, 0) is 12.8 Å². The molecule has 1 N–H and O–H groups in total. The molecule has 0 bridgehead atoms. The monoisotopic (exact) mass is 331 g/mol. The number of ether oxygens (including phenoxy) is 1. The van der Waals surface area contributed by atoms with Gasteiger partial charge in [-0.3, -0.25) is 16.2 Å². The average Bonchev–Trinajstić information content (AvgIpc) is 2.43. The van der Waals surface area contributed by atoms with Crippen LogP contribution in [0.3, 0.4) is 0 Å². The van der Waals surface area contributed by atoms with E-state index in [0.29, 0.717) is 25.9 Å². The summed E-state index contributed by atoms with van der Waals surface area (Å²) in [5.74, 6) is -0.943. The van der Waals surface area contributed by atoms with Gasteiger partial charge in [0.15, 0.2) is 0 Å². The van der Waals surface area contributed by atoms with Crippen molar-refractivity contribution in [2.24, 2.45) is 0 Å². The molecule has 0 atom stereocenters. The van der Waals surface area contributed by atoms with E-state index >= 15 is 0 Å². The van der Waals surface area contributed by atoms with Crippen molar-refractivity contribution in [2.75, 3.05) is 6.61 Å². The second-order valence-electron chi connectivity index (χ2n) is 3.74. The van der Waals surface area contributed by atoms with Crippen LogP contribution in [-0.2, 0) is 33.9 Å². The van der Waals surface area contributed by atoms with E-state index in [2.05, 4.69) is 35.2 Å². The fourth-order valence-electron chi connectivity index (χ4n) is 1.16. The zero-order chi connectivity index (χ0) is 16.2. The number of aliphatic carboxylic acids is 1. The zero-order valence-electron chi connectivity index (χ0n) is 12.0. The minimum absolute atomic E-state index is 0.183. The van der Waals surface area contributed by atoms with Crippen molar-refractivity contribution in [1.82, 2.24) is 0 Å². The van der Waals surface area contributed by atoms with Crippen molar-refractivity contribution < 1.29 is 39.0 Å². The number of hydrogen-bond acceptors (Lipinski definition) is 4. The molecular formula is C14H24CoO5-2. The van der Waals surface area contributed by atoms with Crippen LogP contribution < -0.4 is 0 Å². The molecular weight excluding hydrogens is 307 g/mol.